The molecule has 4 aromatic rings. The number of hydrogen-bond acceptors (Lipinski definition) is 4. The smallest absolute Gasteiger partial charge is 0.228 e. The molecule has 1 amide bonds. The number of oxime groups is 1. The number of benzene rings is 3. The van der Waals surface area contributed by atoms with E-state index in [9.17, 15) is 4.79 Å². The number of aromatic nitrogens is 2. The van der Waals surface area contributed by atoms with Crippen LogP contribution >= 0.6 is 11.6 Å². The molecule has 0 unspecified atom stereocenters. The number of carbonyl (C=O) groups is 1. The van der Waals surface area contributed by atoms with E-state index in [4.69, 9.17) is 16.4 Å². The third-order valence-corrected chi connectivity index (χ3v) is 6.03. The minimum absolute atomic E-state index is 0.0765. The number of amides is 1. The van der Waals surface area contributed by atoms with Gasteiger partial charge in [-0.05, 0) is 72.6 Å². The van der Waals surface area contributed by atoms with Crippen molar-refractivity contribution in [3.8, 4) is 11.4 Å². The van der Waals surface area contributed by atoms with Gasteiger partial charge in [-0.15, -0.1) is 0 Å². The second kappa shape index (κ2) is 9.57. The Morgan fingerprint density at radius 3 is 2.71 bits per heavy atom. The van der Waals surface area contributed by atoms with Gasteiger partial charge in [0.25, 0.3) is 0 Å². The number of rotatable bonds is 6. The number of anilines is 2. The van der Waals surface area contributed by atoms with Crippen LogP contribution in [0.25, 0.3) is 22.4 Å². The third kappa shape index (κ3) is 4.75. The summed E-state index contributed by atoms with van der Waals surface area (Å²) < 4.78 is 0. The molecule has 0 aliphatic carbocycles. The Hall–Kier alpha value is -3.84. The number of amidine groups is 1. The lowest BCUT2D eigenvalue weighted by atomic mass is 10.1. The maximum absolute atomic E-state index is 12.7. The molecule has 0 spiro atoms. The van der Waals surface area contributed by atoms with Gasteiger partial charge in [0, 0.05) is 34.9 Å². The number of carbonyl (C=O) groups excluding carboxylic acids is 1. The van der Waals surface area contributed by atoms with Crippen LogP contribution in [0.4, 0.5) is 11.4 Å². The Morgan fingerprint density at radius 2 is 1.94 bits per heavy atom. The van der Waals surface area contributed by atoms with Crippen LogP contribution in [0, 0.1) is 0 Å². The van der Waals surface area contributed by atoms with Gasteiger partial charge in [0.1, 0.15) is 18.8 Å². The molecule has 1 saturated heterocycles. The molecule has 0 saturated carbocycles. The van der Waals surface area contributed by atoms with Crippen LogP contribution in [-0.4, -0.2) is 35.4 Å². The predicted octanol–water partition coefficient (Wildman–Crippen LogP) is 5.62. The van der Waals surface area contributed by atoms with Gasteiger partial charge in [-0.25, -0.2) is 4.98 Å². The van der Waals surface area contributed by atoms with E-state index in [1.54, 1.807) is 7.11 Å². The summed E-state index contributed by atoms with van der Waals surface area (Å²) in [7, 11) is 1.56. The first-order chi connectivity index (χ1) is 16.6. The van der Waals surface area contributed by atoms with Crippen LogP contribution < -0.4 is 10.2 Å². The Morgan fingerprint density at radius 1 is 1.15 bits per heavy atom. The molecule has 172 valence electrons. The molecular formula is C26H24ClN5O2. The number of H-pyrrole nitrogens is 1. The van der Waals surface area contributed by atoms with Crippen LogP contribution in [0.5, 0.6) is 0 Å². The molecule has 7 nitrogen and oxygen atoms in total. The lowest BCUT2D eigenvalue weighted by Gasteiger charge is -2.18. The summed E-state index contributed by atoms with van der Waals surface area (Å²) in [6, 6.07) is 21.1. The van der Waals surface area contributed by atoms with Crippen molar-refractivity contribution < 1.29 is 9.63 Å². The molecule has 0 atom stereocenters. The highest BCUT2D eigenvalue weighted by Gasteiger charge is 2.20. The Balaban J connectivity index is 1.25. The highest BCUT2D eigenvalue weighted by atomic mass is 35.5. The number of nitrogens with one attached hydrogen (secondary N) is 2. The maximum Gasteiger partial charge on any atom is 0.228 e. The minimum Gasteiger partial charge on any atom is -0.398 e. The van der Waals surface area contributed by atoms with Crippen LogP contribution in [0.15, 0.2) is 71.9 Å². The molecule has 1 fully saturated rings. The van der Waals surface area contributed by atoms with E-state index in [0.717, 1.165) is 64.6 Å². The van der Waals surface area contributed by atoms with Gasteiger partial charge in [0.05, 0.1) is 17.5 Å². The van der Waals surface area contributed by atoms with E-state index in [-0.39, 0.29) is 12.3 Å². The molecule has 5 rings (SSSR count). The minimum atomic E-state index is -0.0765. The fourth-order valence-electron chi connectivity index (χ4n) is 4.16. The number of nitrogens with zero attached hydrogens (tertiary/aromatic N) is 3. The molecule has 0 bridgehead atoms. The number of hydrogen-bond donors (Lipinski definition) is 2. The monoisotopic (exact) mass is 473 g/mol. The van der Waals surface area contributed by atoms with E-state index in [2.05, 4.69) is 25.3 Å². The predicted molar refractivity (Wildman–Crippen MR) is 136 cm³/mol. The molecule has 0 radical (unpaired) electrons. The SMILES string of the molecule is CON=C1CCCN1c1ccc(NC(=O)Cc2ccc3nc(-c4ccc(Cl)cc4)[nH]c3c2)cc1. The zero-order valence-electron chi connectivity index (χ0n) is 18.7. The average Bonchev–Trinajstić information content (AvgIpc) is 3.47. The van der Waals surface area contributed by atoms with Crippen molar-refractivity contribution >= 4 is 45.8 Å². The van der Waals surface area contributed by atoms with Crippen LogP contribution in [-0.2, 0) is 16.1 Å². The molecular weight excluding hydrogens is 450 g/mol. The van der Waals surface area contributed by atoms with Crippen LogP contribution in [0.2, 0.25) is 5.02 Å². The van der Waals surface area contributed by atoms with Crippen molar-refractivity contribution in [2.75, 3.05) is 23.9 Å². The maximum atomic E-state index is 12.7. The van der Waals surface area contributed by atoms with Crippen molar-refractivity contribution in [2.45, 2.75) is 19.3 Å². The van der Waals surface area contributed by atoms with Crippen molar-refractivity contribution in [3.63, 3.8) is 0 Å². The number of imidazole rings is 1. The third-order valence-electron chi connectivity index (χ3n) is 5.78. The van der Waals surface area contributed by atoms with Crippen LogP contribution in [0.1, 0.15) is 18.4 Å². The van der Waals surface area contributed by atoms with Crippen molar-refractivity contribution in [3.05, 3.63) is 77.3 Å². The van der Waals surface area contributed by atoms with E-state index >= 15 is 0 Å². The second-order valence-corrected chi connectivity index (χ2v) is 8.60. The second-order valence-electron chi connectivity index (χ2n) is 8.16. The molecule has 1 aromatic heterocycles. The summed E-state index contributed by atoms with van der Waals surface area (Å²) in [6.07, 6.45) is 2.21. The number of fused-ring (bicyclic) bond motifs is 1. The summed E-state index contributed by atoms with van der Waals surface area (Å²) >= 11 is 5.98. The summed E-state index contributed by atoms with van der Waals surface area (Å²) in [5.74, 6) is 1.62. The average molecular weight is 474 g/mol. The van der Waals surface area contributed by atoms with E-state index in [1.807, 2.05) is 66.7 Å². The normalized spacial score (nSPS) is 14.6. The van der Waals surface area contributed by atoms with Gasteiger partial charge in [-0.3, -0.25) is 4.79 Å². The van der Waals surface area contributed by atoms with Crippen LogP contribution in [0.3, 0.4) is 0 Å². The van der Waals surface area contributed by atoms with E-state index < -0.39 is 0 Å². The summed E-state index contributed by atoms with van der Waals surface area (Å²) in [5.41, 5.74) is 5.39. The molecule has 2 heterocycles. The van der Waals surface area contributed by atoms with Gasteiger partial charge in [-0.1, -0.05) is 22.8 Å². The largest absolute Gasteiger partial charge is 0.398 e. The van der Waals surface area contributed by atoms with Crippen molar-refractivity contribution in [1.29, 1.82) is 0 Å². The molecule has 8 heteroatoms. The van der Waals surface area contributed by atoms with Gasteiger partial charge in [-0.2, -0.15) is 0 Å². The van der Waals surface area contributed by atoms with Gasteiger partial charge in [0.15, 0.2) is 0 Å². The lowest BCUT2D eigenvalue weighted by Crippen LogP contribution is -2.24. The van der Waals surface area contributed by atoms with Gasteiger partial charge < -0.3 is 20.0 Å². The highest BCUT2D eigenvalue weighted by molar-refractivity contribution is 6.30. The van der Waals surface area contributed by atoms with Crippen molar-refractivity contribution in [2.24, 2.45) is 5.16 Å². The zero-order valence-corrected chi connectivity index (χ0v) is 19.5. The molecule has 3 aromatic carbocycles. The quantitative estimate of drug-likeness (QED) is 0.356. The number of aromatic amines is 1. The highest BCUT2D eigenvalue weighted by Crippen LogP contribution is 2.25. The fraction of sp³-hybridized carbons (Fsp3) is 0.192. The summed E-state index contributed by atoms with van der Waals surface area (Å²) in [4.78, 5) is 27.7. The lowest BCUT2D eigenvalue weighted by molar-refractivity contribution is -0.115. The summed E-state index contributed by atoms with van der Waals surface area (Å²) in [5, 5.41) is 7.77. The van der Waals surface area contributed by atoms with Crippen molar-refractivity contribution in [1.82, 2.24) is 9.97 Å². The molecule has 1 aliphatic rings. The van der Waals surface area contributed by atoms with Gasteiger partial charge in [0.2, 0.25) is 5.91 Å². The fourth-order valence-corrected chi connectivity index (χ4v) is 4.29. The first kappa shape index (κ1) is 22.0. The Bertz CT molecular complexity index is 1350. The standard InChI is InChI=1S/C26H24ClN5O2/c1-34-31-24-3-2-14-32(24)21-11-9-20(10-12-21)28-25(33)16-17-4-13-22-23(15-17)30-26(29-22)18-5-7-19(27)8-6-18/h4-13,15H,2-3,14,16H2,1H3,(H,28,33)(H,29,30). The van der Waals surface area contributed by atoms with Gasteiger partial charge >= 0.3 is 0 Å². The molecule has 34 heavy (non-hydrogen) atoms. The Kier molecular flexibility index (Phi) is 6.18. The first-order valence-corrected chi connectivity index (χ1v) is 11.5. The molecule has 2 N–H and O–H groups in total. The Labute approximate surface area is 202 Å². The summed E-state index contributed by atoms with van der Waals surface area (Å²) in [6.45, 7) is 0.906. The topological polar surface area (TPSA) is 82.6 Å². The first-order valence-electron chi connectivity index (χ1n) is 11.1. The number of halogens is 1. The zero-order chi connectivity index (χ0) is 23.5. The molecule has 1 aliphatic heterocycles. The van der Waals surface area contributed by atoms with E-state index in [1.165, 1.54) is 0 Å². The van der Waals surface area contributed by atoms with E-state index in [0.29, 0.717) is 5.02 Å².